The summed E-state index contributed by atoms with van der Waals surface area (Å²) in [6.07, 6.45) is 2.38. The Hall–Kier alpha value is -3.83. The first kappa shape index (κ1) is 28.7. The van der Waals surface area contributed by atoms with Gasteiger partial charge in [0, 0.05) is 47.5 Å². The van der Waals surface area contributed by atoms with Gasteiger partial charge in [-0.05, 0) is 55.0 Å². The highest BCUT2D eigenvalue weighted by Crippen LogP contribution is 2.35. The van der Waals surface area contributed by atoms with Crippen LogP contribution in [0.3, 0.4) is 0 Å². The number of anilines is 4. The van der Waals surface area contributed by atoms with Gasteiger partial charge in [0.2, 0.25) is 0 Å². The molecule has 2 heterocycles. The van der Waals surface area contributed by atoms with Crippen LogP contribution in [0.25, 0.3) is 10.9 Å². The number of morpholine rings is 1. The van der Waals surface area contributed by atoms with E-state index in [9.17, 15) is 4.79 Å². The van der Waals surface area contributed by atoms with Gasteiger partial charge in [0.25, 0.3) is 0 Å². The lowest BCUT2D eigenvalue weighted by atomic mass is 10.2. The van der Waals surface area contributed by atoms with E-state index >= 15 is 0 Å². The van der Waals surface area contributed by atoms with Crippen molar-refractivity contribution in [3.63, 3.8) is 0 Å². The second-order valence-electron chi connectivity index (χ2n) is 9.30. The molecule has 1 fully saturated rings. The van der Waals surface area contributed by atoms with Crippen molar-refractivity contribution in [3.8, 4) is 11.5 Å². The van der Waals surface area contributed by atoms with E-state index in [0.717, 1.165) is 44.7 Å². The first-order chi connectivity index (χ1) is 20.0. The summed E-state index contributed by atoms with van der Waals surface area (Å²) in [7, 11) is 1.60. The van der Waals surface area contributed by atoms with Crippen LogP contribution in [-0.4, -0.2) is 67.5 Å². The maximum Gasteiger partial charge on any atom is 0.323 e. The second-order valence-corrected chi connectivity index (χ2v) is 10.1. The molecule has 0 spiro atoms. The van der Waals surface area contributed by atoms with Crippen molar-refractivity contribution in [1.82, 2.24) is 14.9 Å². The van der Waals surface area contributed by atoms with E-state index < -0.39 is 6.03 Å². The molecule has 4 aromatic rings. The van der Waals surface area contributed by atoms with E-state index in [1.165, 1.54) is 6.33 Å². The van der Waals surface area contributed by atoms with Gasteiger partial charge in [-0.2, -0.15) is 0 Å². The summed E-state index contributed by atoms with van der Waals surface area (Å²) in [5.41, 5.74) is 2.44. The number of aromatic nitrogens is 2. The summed E-state index contributed by atoms with van der Waals surface area (Å²) in [6, 6.07) is 15.3. The van der Waals surface area contributed by atoms with E-state index in [4.69, 9.17) is 37.4 Å². The number of urea groups is 1. The highest BCUT2D eigenvalue weighted by molar-refractivity contribution is 6.34. The van der Waals surface area contributed by atoms with Crippen molar-refractivity contribution >= 4 is 63.0 Å². The lowest BCUT2D eigenvalue weighted by Crippen LogP contribution is -2.37. The van der Waals surface area contributed by atoms with Crippen LogP contribution < -0.4 is 25.4 Å². The lowest BCUT2D eigenvalue weighted by molar-refractivity contribution is 0.0357. The number of ether oxygens (including phenoxy) is 3. The van der Waals surface area contributed by atoms with Crippen molar-refractivity contribution in [2.45, 2.75) is 6.42 Å². The number of halogens is 2. The molecule has 12 heteroatoms. The summed E-state index contributed by atoms with van der Waals surface area (Å²) >= 11 is 12.4. The van der Waals surface area contributed by atoms with Gasteiger partial charge in [-0.1, -0.05) is 23.2 Å². The van der Waals surface area contributed by atoms with Crippen LogP contribution in [-0.2, 0) is 4.74 Å². The van der Waals surface area contributed by atoms with Crippen LogP contribution in [0.15, 0.2) is 60.9 Å². The second kappa shape index (κ2) is 13.7. The molecular weight excluding hydrogens is 567 g/mol. The number of hydrogen-bond acceptors (Lipinski definition) is 8. The Kier molecular flexibility index (Phi) is 9.58. The zero-order valence-corrected chi connectivity index (χ0v) is 24.0. The number of fused-ring (bicyclic) bond motifs is 1. The number of carbonyl (C=O) groups excluding carboxylic acids is 1. The van der Waals surface area contributed by atoms with Gasteiger partial charge in [0.1, 0.15) is 12.1 Å². The van der Waals surface area contributed by atoms with E-state index in [-0.39, 0.29) is 0 Å². The third-order valence-corrected chi connectivity index (χ3v) is 7.05. The Labute approximate surface area is 247 Å². The van der Waals surface area contributed by atoms with Crippen molar-refractivity contribution in [2.24, 2.45) is 0 Å². The summed E-state index contributed by atoms with van der Waals surface area (Å²) in [5.74, 6) is 1.79. The van der Waals surface area contributed by atoms with Crippen LogP contribution in [0.5, 0.6) is 11.5 Å². The third kappa shape index (κ3) is 7.68. The van der Waals surface area contributed by atoms with E-state index in [2.05, 4.69) is 30.8 Å². The highest BCUT2D eigenvalue weighted by Gasteiger charge is 2.14. The summed E-state index contributed by atoms with van der Waals surface area (Å²) in [4.78, 5) is 23.6. The Bertz CT molecular complexity index is 1500. The van der Waals surface area contributed by atoms with Gasteiger partial charge in [-0.3, -0.25) is 4.90 Å². The van der Waals surface area contributed by atoms with E-state index in [0.29, 0.717) is 56.5 Å². The molecule has 1 aromatic heterocycles. The Morgan fingerprint density at radius 1 is 0.976 bits per heavy atom. The smallest absolute Gasteiger partial charge is 0.323 e. The zero-order valence-electron chi connectivity index (χ0n) is 22.5. The summed E-state index contributed by atoms with van der Waals surface area (Å²) < 4.78 is 17.1. The Morgan fingerprint density at radius 2 is 1.76 bits per heavy atom. The summed E-state index contributed by atoms with van der Waals surface area (Å²) in [6.45, 7) is 4.99. The lowest BCUT2D eigenvalue weighted by Gasteiger charge is -2.26. The molecule has 0 saturated carbocycles. The number of rotatable bonds is 10. The summed E-state index contributed by atoms with van der Waals surface area (Å²) in [5, 5.41) is 10.5. The topological polar surface area (TPSA) is 110 Å². The first-order valence-electron chi connectivity index (χ1n) is 13.1. The molecule has 2 amide bonds. The van der Waals surface area contributed by atoms with Crippen LogP contribution in [0, 0.1) is 0 Å². The Balaban J connectivity index is 1.24. The van der Waals surface area contributed by atoms with Gasteiger partial charge in [0.05, 0.1) is 43.2 Å². The molecule has 214 valence electrons. The van der Waals surface area contributed by atoms with Crippen LogP contribution in [0.4, 0.5) is 27.7 Å². The van der Waals surface area contributed by atoms with Crippen LogP contribution in [0.2, 0.25) is 10.0 Å². The number of nitrogens with one attached hydrogen (secondary N) is 3. The molecule has 5 rings (SSSR count). The minimum atomic E-state index is -0.428. The third-order valence-electron chi connectivity index (χ3n) is 6.48. The molecule has 1 aliphatic heterocycles. The van der Waals surface area contributed by atoms with Gasteiger partial charge in [-0.15, -0.1) is 0 Å². The van der Waals surface area contributed by atoms with Crippen LogP contribution >= 0.6 is 23.2 Å². The molecule has 41 heavy (non-hydrogen) atoms. The van der Waals surface area contributed by atoms with Gasteiger partial charge in [0.15, 0.2) is 11.5 Å². The molecule has 3 aromatic carbocycles. The number of nitrogens with zero attached hydrogens (tertiary/aromatic N) is 3. The average Bonchev–Trinajstić information content (AvgIpc) is 2.98. The Morgan fingerprint density at radius 3 is 2.51 bits per heavy atom. The normalized spacial score (nSPS) is 13.5. The van der Waals surface area contributed by atoms with Crippen molar-refractivity contribution in [2.75, 3.05) is 62.5 Å². The van der Waals surface area contributed by atoms with Gasteiger partial charge in [-0.25, -0.2) is 14.8 Å². The molecule has 3 N–H and O–H groups in total. The maximum atomic E-state index is 12.4. The van der Waals surface area contributed by atoms with Crippen molar-refractivity contribution in [1.29, 1.82) is 0 Å². The molecular formula is C29H30Cl2N6O4. The monoisotopic (exact) mass is 596 g/mol. The standard InChI is InChI=1S/C29H30Cl2N6O4/c1-39-26-16-22-25(17-27(26)41-12-2-9-37-10-13-40-14-11-37)32-18-33-28(22)34-21-7-8-24(23(31)15-21)36-29(38)35-20-5-3-19(30)4-6-20/h3-8,15-18H,2,9-14H2,1H3,(H,32,33,34)(H2,35,36,38). The van der Waals surface area contributed by atoms with E-state index in [1.807, 2.05) is 12.1 Å². The van der Waals surface area contributed by atoms with Gasteiger partial charge >= 0.3 is 6.03 Å². The molecule has 1 aliphatic rings. The highest BCUT2D eigenvalue weighted by atomic mass is 35.5. The molecule has 0 aliphatic carbocycles. The fourth-order valence-electron chi connectivity index (χ4n) is 4.38. The minimum Gasteiger partial charge on any atom is -0.493 e. The average molecular weight is 598 g/mol. The largest absolute Gasteiger partial charge is 0.493 e. The van der Waals surface area contributed by atoms with Gasteiger partial charge < -0.3 is 30.2 Å². The fourth-order valence-corrected chi connectivity index (χ4v) is 4.73. The van der Waals surface area contributed by atoms with E-state index in [1.54, 1.807) is 49.6 Å². The molecule has 0 radical (unpaired) electrons. The predicted octanol–water partition coefficient (Wildman–Crippen LogP) is 6.43. The maximum absolute atomic E-state index is 12.4. The quantitative estimate of drug-likeness (QED) is 0.179. The first-order valence-corrected chi connectivity index (χ1v) is 13.9. The number of amides is 2. The molecule has 0 unspecified atom stereocenters. The SMILES string of the molecule is COc1cc2c(Nc3ccc(NC(=O)Nc4ccc(Cl)cc4)c(Cl)c3)ncnc2cc1OCCCN1CCOCC1. The minimum absolute atomic E-state index is 0.352. The van der Waals surface area contributed by atoms with Crippen molar-refractivity contribution in [3.05, 3.63) is 71.0 Å². The fraction of sp³-hybridized carbons (Fsp3) is 0.276. The number of methoxy groups -OCH3 is 1. The van der Waals surface area contributed by atoms with Crippen molar-refractivity contribution < 1.29 is 19.0 Å². The number of hydrogen-bond donors (Lipinski definition) is 3. The molecule has 10 nitrogen and oxygen atoms in total. The predicted molar refractivity (Wildman–Crippen MR) is 162 cm³/mol. The molecule has 1 saturated heterocycles. The number of carbonyl (C=O) groups is 1. The van der Waals surface area contributed by atoms with Crippen LogP contribution in [0.1, 0.15) is 6.42 Å². The molecule has 0 bridgehead atoms. The molecule has 0 atom stereocenters. The number of benzene rings is 3. The zero-order chi connectivity index (χ0) is 28.6.